The highest BCUT2D eigenvalue weighted by molar-refractivity contribution is 7.84. The number of nitrogen functional groups attached to an aromatic ring is 1. The maximum Gasteiger partial charge on any atom is 0.362 e. The summed E-state index contributed by atoms with van der Waals surface area (Å²) in [6.45, 7) is 1.38. The fourth-order valence-corrected chi connectivity index (χ4v) is 4.86. The van der Waals surface area contributed by atoms with Crippen molar-refractivity contribution in [2.24, 2.45) is 10.9 Å². The van der Waals surface area contributed by atoms with Crippen LogP contribution in [0.25, 0.3) is 0 Å². The zero-order valence-corrected chi connectivity index (χ0v) is 20.2. The average Bonchev–Trinajstić information content (AvgIpc) is 3.34. The number of carbonyl (C=O) groups excluding carboxylic acids is 2. The van der Waals surface area contributed by atoms with Gasteiger partial charge in [0.05, 0.1) is 17.9 Å². The largest absolute Gasteiger partial charge is 0.478 e. The lowest BCUT2D eigenvalue weighted by Crippen LogP contribution is -2.73. The zero-order chi connectivity index (χ0) is 26.4. The minimum absolute atomic E-state index is 0.0527. The molecular formula is C17H21N9O8S2. The first-order chi connectivity index (χ1) is 16.9. The second-order valence-corrected chi connectivity index (χ2v) is 10.2. The third kappa shape index (κ3) is 4.72. The van der Waals surface area contributed by atoms with Gasteiger partial charge in [-0.05, 0) is 6.92 Å². The number of nitrogens with two attached hydrogens (primary N) is 2. The molecular weight excluding hydrogens is 522 g/mol. The SMILES string of the molecule is Cc1nn(C[C@H]2[C@H](NC(=O)C(=NOC3(C(=O)O)CC3)c3csc(N)n3)C(=O)N2S(=O)(=O)O)nc1CN. The van der Waals surface area contributed by atoms with Crippen LogP contribution in [0.15, 0.2) is 10.5 Å². The molecule has 0 radical (unpaired) electrons. The molecule has 2 aromatic heterocycles. The predicted octanol–water partition coefficient (Wildman–Crippen LogP) is -2.38. The Labute approximate surface area is 207 Å². The van der Waals surface area contributed by atoms with Crippen LogP contribution >= 0.6 is 11.3 Å². The summed E-state index contributed by atoms with van der Waals surface area (Å²) in [5, 5.41) is 25.0. The molecule has 1 aliphatic carbocycles. The van der Waals surface area contributed by atoms with E-state index in [9.17, 15) is 32.5 Å². The number of hydrogen-bond acceptors (Lipinski definition) is 13. The summed E-state index contributed by atoms with van der Waals surface area (Å²) < 4.78 is 33.3. The van der Waals surface area contributed by atoms with E-state index in [2.05, 4.69) is 25.7 Å². The molecule has 0 spiro atoms. The van der Waals surface area contributed by atoms with Crippen molar-refractivity contribution in [2.75, 3.05) is 5.73 Å². The normalized spacial score (nSPS) is 21.1. The average molecular weight is 544 g/mol. The summed E-state index contributed by atoms with van der Waals surface area (Å²) in [5.74, 6) is -3.41. The van der Waals surface area contributed by atoms with Crippen LogP contribution in [0.1, 0.15) is 29.9 Å². The summed E-state index contributed by atoms with van der Waals surface area (Å²) in [7, 11) is -4.97. The third-order valence-electron chi connectivity index (χ3n) is 5.55. The van der Waals surface area contributed by atoms with E-state index in [-0.39, 0.29) is 41.1 Å². The van der Waals surface area contributed by atoms with Gasteiger partial charge in [-0.1, -0.05) is 5.16 Å². The molecule has 19 heteroatoms. The van der Waals surface area contributed by atoms with E-state index < -0.39 is 51.5 Å². The fourth-order valence-electron chi connectivity index (χ4n) is 3.44. The molecule has 2 atom stereocenters. The first-order valence-electron chi connectivity index (χ1n) is 10.3. The molecule has 1 aliphatic heterocycles. The van der Waals surface area contributed by atoms with Gasteiger partial charge in [-0.25, -0.2) is 14.1 Å². The van der Waals surface area contributed by atoms with E-state index in [1.807, 2.05) is 0 Å². The number of carbonyl (C=O) groups is 3. The lowest BCUT2D eigenvalue weighted by molar-refractivity contribution is -0.153. The van der Waals surface area contributed by atoms with Crippen molar-refractivity contribution < 1.29 is 37.3 Å². The van der Waals surface area contributed by atoms with Gasteiger partial charge in [-0.15, -0.1) is 11.3 Å². The number of nitrogens with zero attached hydrogens (tertiary/aromatic N) is 6. The van der Waals surface area contributed by atoms with E-state index in [1.165, 1.54) is 5.38 Å². The number of amides is 2. The highest BCUT2D eigenvalue weighted by Gasteiger charge is 2.56. The topological polar surface area (TPSA) is 258 Å². The van der Waals surface area contributed by atoms with Crippen molar-refractivity contribution in [3.05, 3.63) is 22.5 Å². The van der Waals surface area contributed by atoms with Crippen LogP contribution in [0.3, 0.4) is 0 Å². The number of hydrogen-bond donors (Lipinski definition) is 5. The Balaban J connectivity index is 1.60. The van der Waals surface area contributed by atoms with E-state index in [0.29, 0.717) is 11.4 Å². The van der Waals surface area contributed by atoms with Gasteiger partial charge in [0.25, 0.3) is 11.8 Å². The molecule has 0 aromatic carbocycles. The quantitative estimate of drug-likeness (QED) is 0.0908. The van der Waals surface area contributed by atoms with Gasteiger partial charge in [0.1, 0.15) is 17.8 Å². The van der Waals surface area contributed by atoms with E-state index in [4.69, 9.17) is 16.3 Å². The van der Waals surface area contributed by atoms with Crippen molar-refractivity contribution >= 4 is 50.3 Å². The van der Waals surface area contributed by atoms with Crippen LogP contribution in [0, 0.1) is 6.92 Å². The number of aliphatic carboxylic acids is 1. The van der Waals surface area contributed by atoms with Crippen LogP contribution in [-0.2, 0) is 42.6 Å². The highest BCUT2D eigenvalue weighted by Crippen LogP contribution is 2.40. The van der Waals surface area contributed by atoms with Gasteiger partial charge in [0, 0.05) is 24.8 Å². The Morgan fingerprint density at radius 3 is 2.58 bits per heavy atom. The third-order valence-corrected chi connectivity index (χ3v) is 7.17. The minimum atomic E-state index is -4.97. The number of aryl methyl sites for hydroxylation is 1. The molecule has 1 saturated heterocycles. The van der Waals surface area contributed by atoms with Crippen molar-refractivity contribution in [3.63, 3.8) is 0 Å². The monoisotopic (exact) mass is 543 g/mol. The molecule has 1 saturated carbocycles. The standard InChI is InChI=1S/C17H21N9O8S2/c1-7-8(4-18)23-25(22-7)5-10-12(14(28)26(10)36(31,32)33)21-13(27)11(9-6-35-16(19)20-9)24-34-17(2-3-17)15(29)30/h6,10,12H,2-5,18H2,1H3,(H2,19,20)(H,21,27)(H,29,30)(H,31,32,33)/t10-,12-/m0/s1. The van der Waals surface area contributed by atoms with Crippen molar-refractivity contribution in [1.82, 2.24) is 29.6 Å². The maximum atomic E-state index is 13.1. The highest BCUT2D eigenvalue weighted by atomic mass is 32.2. The number of carboxylic acids is 1. The van der Waals surface area contributed by atoms with Crippen molar-refractivity contribution in [1.29, 1.82) is 0 Å². The first kappa shape index (κ1) is 25.4. The number of carboxylic acid groups (broad SMARTS) is 1. The van der Waals surface area contributed by atoms with Gasteiger partial charge in [0.15, 0.2) is 10.8 Å². The maximum absolute atomic E-state index is 13.1. The van der Waals surface area contributed by atoms with Gasteiger partial charge < -0.3 is 26.7 Å². The van der Waals surface area contributed by atoms with Crippen LogP contribution in [0.2, 0.25) is 0 Å². The molecule has 2 aromatic rings. The number of aromatic nitrogens is 4. The van der Waals surface area contributed by atoms with Gasteiger partial charge in [-0.2, -0.15) is 23.4 Å². The Morgan fingerprint density at radius 1 is 1.39 bits per heavy atom. The van der Waals surface area contributed by atoms with Crippen LogP contribution in [0.4, 0.5) is 5.13 Å². The Kier molecular flexibility index (Phi) is 6.41. The second-order valence-electron chi connectivity index (χ2n) is 8.02. The number of rotatable bonds is 10. The van der Waals surface area contributed by atoms with Crippen molar-refractivity contribution in [2.45, 2.75) is 50.5 Å². The summed E-state index contributed by atoms with van der Waals surface area (Å²) >= 11 is 0.973. The molecule has 2 amide bonds. The molecule has 36 heavy (non-hydrogen) atoms. The Hall–Kier alpha value is -3.68. The Bertz CT molecular complexity index is 1360. The van der Waals surface area contributed by atoms with E-state index in [1.54, 1.807) is 6.92 Å². The van der Waals surface area contributed by atoms with Crippen molar-refractivity contribution in [3.8, 4) is 0 Å². The fraction of sp³-hybridized carbons (Fsp3) is 0.471. The molecule has 194 valence electrons. The number of oxime groups is 1. The number of thiazole rings is 1. The number of anilines is 1. The molecule has 0 bridgehead atoms. The lowest BCUT2D eigenvalue weighted by Gasteiger charge is -2.43. The first-order valence-corrected chi connectivity index (χ1v) is 12.6. The summed E-state index contributed by atoms with van der Waals surface area (Å²) in [5.41, 5.74) is 10.00. The van der Waals surface area contributed by atoms with Gasteiger partial charge in [-0.3, -0.25) is 14.1 Å². The molecule has 2 aliphatic rings. The number of nitrogens with one attached hydrogen (secondary N) is 1. The molecule has 2 fully saturated rings. The van der Waals surface area contributed by atoms with Crippen LogP contribution < -0.4 is 16.8 Å². The molecule has 17 nitrogen and oxygen atoms in total. The van der Waals surface area contributed by atoms with Gasteiger partial charge in [0.2, 0.25) is 5.60 Å². The van der Waals surface area contributed by atoms with E-state index in [0.717, 1.165) is 16.1 Å². The Morgan fingerprint density at radius 2 is 2.08 bits per heavy atom. The number of β-lactam (4-membered cyclic amide) rings is 1. The lowest BCUT2D eigenvalue weighted by atomic mass is 9.98. The molecule has 3 heterocycles. The molecule has 0 unspecified atom stereocenters. The van der Waals surface area contributed by atoms with E-state index >= 15 is 0 Å². The van der Waals surface area contributed by atoms with Crippen LogP contribution in [-0.4, -0.2) is 83.5 Å². The molecule has 4 rings (SSSR count). The summed E-state index contributed by atoms with van der Waals surface area (Å²) in [4.78, 5) is 47.2. The zero-order valence-electron chi connectivity index (χ0n) is 18.6. The van der Waals surface area contributed by atoms with Crippen LogP contribution in [0.5, 0.6) is 0 Å². The summed E-state index contributed by atoms with van der Waals surface area (Å²) in [6, 6.07) is -2.74. The predicted molar refractivity (Wildman–Crippen MR) is 121 cm³/mol. The second kappa shape index (κ2) is 9.08. The van der Waals surface area contributed by atoms with Gasteiger partial charge >= 0.3 is 16.3 Å². The smallest absolute Gasteiger partial charge is 0.362 e. The summed E-state index contributed by atoms with van der Waals surface area (Å²) in [6.07, 6.45) is 0.348. The minimum Gasteiger partial charge on any atom is -0.478 e. The molecule has 7 N–H and O–H groups in total.